The van der Waals surface area contributed by atoms with Crippen LogP contribution in [-0.2, 0) is 9.59 Å². The molecule has 5 heteroatoms. The summed E-state index contributed by atoms with van der Waals surface area (Å²) in [4.78, 5) is 22.3. The Bertz CT molecular complexity index is 440. The summed E-state index contributed by atoms with van der Waals surface area (Å²) in [7, 11) is 1.56. The highest BCUT2D eigenvalue weighted by atomic mass is 16.5. The van der Waals surface area contributed by atoms with Gasteiger partial charge in [0, 0.05) is 12.5 Å². The van der Waals surface area contributed by atoms with Crippen LogP contribution >= 0.6 is 0 Å². The molecule has 1 saturated heterocycles. The zero-order valence-electron chi connectivity index (χ0n) is 9.30. The summed E-state index contributed by atoms with van der Waals surface area (Å²) in [6.45, 7) is 0.323. The van der Waals surface area contributed by atoms with Crippen molar-refractivity contribution < 1.29 is 19.4 Å². The van der Waals surface area contributed by atoms with Crippen molar-refractivity contribution in [2.75, 3.05) is 13.7 Å². The molecule has 0 saturated carbocycles. The van der Waals surface area contributed by atoms with Crippen molar-refractivity contribution in [1.29, 1.82) is 0 Å². The molecule has 1 N–H and O–H groups in total. The van der Waals surface area contributed by atoms with Gasteiger partial charge >= 0.3 is 0 Å². The van der Waals surface area contributed by atoms with E-state index in [0.29, 0.717) is 12.3 Å². The quantitative estimate of drug-likeness (QED) is 0.700. The smallest absolute Gasteiger partial charge is 0.229 e. The minimum atomic E-state index is -1.33. The van der Waals surface area contributed by atoms with E-state index in [9.17, 15) is 14.7 Å². The van der Waals surface area contributed by atoms with Crippen LogP contribution in [0.1, 0.15) is 11.5 Å². The molecule has 17 heavy (non-hydrogen) atoms. The van der Waals surface area contributed by atoms with E-state index in [1.165, 1.54) is 0 Å². The lowest BCUT2D eigenvalue weighted by Crippen LogP contribution is -2.38. The number of methoxy groups -OCH3 is 1. The van der Waals surface area contributed by atoms with Crippen LogP contribution in [0.3, 0.4) is 0 Å². The second kappa shape index (κ2) is 4.45. The lowest BCUT2D eigenvalue weighted by molar-refractivity contribution is -0.310. The molecule has 0 aliphatic carbocycles. The van der Waals surface area contributed by atoms with Gasteiger partial charge in [0.25, 0.3) is 0 Å². The van der Waals surface area contributed by atoms with Crippen molar-refractivity contribution in [3.05, 3.63) is 29.8 Å². The Morgan fingerprint density at radius 1 is 1.41 bits per heavy atom. The number of carbonyl (C=O) groups is 2. The van der Waals surface area contributed by atoms with E-state index in [0.717, 1.165) is 5.56 Å². The number of rotatable bonds is 3. The summed E-state index contributed by atoms with van der Waals surface area (Å²) < 4.78 is 5.02. The molecule has 0 unspecified atom stereocenters. The van der Waals surface area contributed by atoms with Crippen LogP contribution < -0.4 is 15.2 Å². The number of benzene rings is 1. The van der Waals surface area contributed by atoms with Crippen molar-refractivity contribution in [2.45, 2.75) is 5.92 Å². The Balaban J connectivity index is 2.26. The number of amides is 1. The molecule has 2 rings (SSSR count). The molecule has 1 amide bonds. The van der Waals surface area contributed by atoms with Crippen LogP contribution in [-0.4, -0.2) is 25.5 Å². The minimum absolute atomic E-state index is 0.323. The summed E-state index contributed by atoms with van der Waals surface area (Å²) in [5.41, 5.74) is 0.790. The third-order valence-electron chi connectivity index (χ3n) is 2.98. The molecule has 1 aliphatic heterocycles. The summed E-state index contributed by atoms with van der Waals surface area (Å²) >= 11 is 0. The van der Waals surface area contributed by atoms with Crippen molar-refractivity contribution in [3.8, 4) is 5.75 Å². The molecule has 0 radical (unpaired) electrons. The van der Waals surface area contributed by atoms with Crippen LogP contribution in [0, 0.1) is 5.92 Å². The first kappa shape index (κ1) is 11.4. The fourth-order valence-electron chi connectivity index (χ4n) is 2.05. The molecule has 90 valence electrons. The van der Waals surface area contributed by atoms with E-state index in [1.54, 1.807) is 31.4 Å². The molecule has 1 aromatic rings. The van der Waals surface area contributed by atoms with Crippen molar-refractivity contribution >= 4 is 11.9 Å². The van der Waals surface area contributed by atoms with Gasteiger partial charge in [0.15, 0.2) is 0 Å². The average molecular weight is 234 g/mol. The van der Waals surface area contributed by atoms with Gasteiger partial charge in [-0.1, -0.05) is 12.1 Å². The Hall–Kier alpha value is -2.04. The minimum Gasteiger partial charge on any atom is -0.549 e. The number of hydrogen-bond acceptors (Lipinski definition) is 4. The highest BCUT2D eigenvalue weighted by Crippen LogP contribution is 2.29. The summed E-state index contributed by atoms with van der Waals surface area (Å²) in [6, 6.07) is 7.01. The molecule has 5 nitrogen and oxygen atoms in total. The zero-order valence-corrected chi connectivity index (χ0v) is 9.30. The van der Waals surface area contributed by atoms with Gasteiger partial charge in [-0.15, -0.1) is 0 Å². The Kier molecular flexibility index (Phi) is 2.99. The third-order valence-corrected chi connectivity index (χ3v) is 2.98. The fourth-order valence-corrected chi connectivity index (χ4v) is 2.05. The predicted molar refractivity (Wildman–Crippen MR) is 57.2 cm³/mol. The van der Waals surface area contributed by atoms with Crippen molar-refractivity contribution in [2.24, 2.45) is 5.92 Å². The summed E-state index contributed by atoms with van der Waals surface area (Å²) in [5.74, 6) is -2.61. The number of carbonyl (C=O) groups excluding carboxylic acids is 2. The lowest BCUT2D eigenvalue weighted by atomic mass is 9.88. The Morgan fingerprint density at radius 3 is 2.59 bits per heavy atom. The largest absolute Gasteiger partial charge is 0.549 e. The molecule has 1 aliphatic rings. The molecule has 1 fully saturated rings. The van der Waals surface area contributed by atoms with E-state index >= 15 is 0 Å². The van der Waals surface area contributed by atoms with Gasteiger partial charge in [0.1, 0.15) is 5.75 Å². The Morgan fingerprint density at radius 2 is 2.06 bits per heavy atom. The SMILES string of the molecule is COc1ccc([C@H]2CNC(=O)[C@@H]2C(=O)[O-])cc1. The maximum Gasteiger partial charge on any atom is 0.229 e. The monoisotopic (exact) mass is 234 g/mol. The van der Waals surface area contributed by atoms with E-state index < -0.39 is 17.8 Å². The maximum atomic E-state index is 11.4. The summed E-state index contributed by atoms with van der Waals surface area (Å²) in [6.07, 6.45) is 0. The maximum absolute atomic E-state index is 11.4. The first-order valence-corrected chi connectivity index (χ1v) is 5.26. The number of aliphatic carboxylic acids is 1. The number of nitrogens with one attached hydrogen (secondary N) is 1. The predicted octanol–water partition coefficient (Wildman–Crippen LogP) is -0.725. The van der Waals surface area contributed by atoms with Gasteiger partial charge in [-0.05, 0) is 17.7 Å². The lowest BCUT2D eigenvalue weighted by Gasteiger charge is -2.17. The molecule has 2 atom stereocenters. The molecule has 1 aromatic carbocycles. The summed E-state index contributed by atoms with van der Waals surface area (Å²) in [5, 5.41) is 13.5. The van der Waals surface area contributed by atoms with Crippen molar-refractivity contribution in [3.63, 3.8) is 0 Å². The number of carboxylic acid groups (broad SMARTS) is 1. The van der Waals surface area contributed by atoms with Gasteiger partial charge < -0.3 is 20.0 Å². The van der Waals surface area contributed by atoms with Crippen LogP contribution in [0.4, 0.5) is 0 Å². The van der Waals surface area contributed by atoms with Gasteiger partial charge in [-0.3, -0.25) is 4.79 Å². The van der Waals surface area contributed by atoms with E-state index in [4.69, 9.17) is 4.74 Å². The molecule has 0 spiro atoms. The zero-order chi connectivity index (χ0) is 12.4. The molecule has 0 bridgehead atoms. The third kappa shape index (κ3) is 2.08. The van der Waals surface area contributed by atoms with Crippen LogP contribution in [0.5, 0.6) is 5.75 Å². The normalized spacial score (nSPS) is 23.2. The van der Waals surface area contributed by atoms with Crippen LogP contribution in [0.2, 0.25) is 0 Å². The van der Waals surface area contributed by atoms with E-state index in [2.05, 4.69) is 5.32 Å². The van der Waals surface area contributed by atoms with Gasteiger partial charge in [0.05, 0.1) is 19.0 Å². The van der Waals surface area contributed by atoms with E-state index in [-0.39, 0.29) is 5.92 Å². The molecule has 0 aromatic heterocycles. The fraction of sp³-hybridized carbons (Fsp3) is 0.333. The second-order valence-electron chi connectivity index (χ2n) is 3.92. The highest BCUT2D eigenvalue weighted by Gasteiger charge is 2.36. The van der Waals surface area contributed by atoms with Gasteiger partial charge in [-0.2, -0.15) is 0 Å². The van der Waals surface area contributed by atoms with Crippen LogP contribution in [0.15, 0.2) is 24.3 Å². The molecule has 1 heterocycles. The van der Waals surface area contributed by atoms with Crippen LogP contribution in [0.25, 0.3) is 0 Å². The number of carboxylic acids is 1. The molecular weight excluding hydrogens is 222 g/mol. The Labute approximate surface area is 98.4 Å². The standard InChI is InChI=1S/C12H13NO4/c1-17-8-4-2-7(3-5-8)9-6-13-11(14)10(9)12(15)16/h2-5,9-10H,6H2,1H3,(H,13,14)(H,15,16)/p-1/t9-,10-/m1/s1. The first-order chi connectivity index (χ1) is 8.13. The molecular formula is C12H12NO4-. The number of ether oxygens (including phenoxy) is 1. The average Bonchev–Trinajstić information content (AvgIpc) is 2.71. The topological polar surface area (TPSA) is 78.5 Å². The van der Waals surface area contributed by atoms with E-state index in [1.807, 2.05) is 0 Å². The number of hydrogen-bond donors (Lipinski definition) is 1. The first-order valence-electron chi connectivity index (χ1n) is 5.26. The van der Waals surface area contributed by atoms with Gasteiger partial charge in [0.2, 0.25) is 5.91 Å². The van der Waals surface area contributed by atoms with Gasteiger partial charge in [-0.25, -0.2) is 0 Å². The second-order valence-corrected chi connectivity index (χ2v) is 3.92. The van der Waals surface area contributed by atoms with Crippen molar-refractivity contribution in [1.82, 2.24) is 5.32 Å². The highest BCUT2D eigenvalue weighted by molar-refractivity contribution is 5.99.